The molecule has 0 amide bonds. The molecule has 102 valence electrons. The van der Waals surface area contributed by atoms with Crippen molar-refractivity contribution in [1.82, 2.24) is 5.32 Å². The van der Waals surface area contributed by atoms with E-state index in [1.54, 1.807) is 0 Å². The summed E-state index contributed by atoms with van der Waals surface area (Å²) in [6.07, 6.45) is -0.158. The fourth-order valence-electron chi connectivity index (χ4n) is 1.62. The van der Waals surface area contributed by atoms with Crippen molar-refractivity contribution in [2.45, 2.75) is 33.6 Å². The lowest BCUT2D eigenvalue weighted by Gasteiger charge is -2.17. The van der Waals surface area contributed by atoms with E-state index >= 15 is 0 Å². The van der Waals surface area contributed by atoms with Gasteiger partial charge in [0, 0.05) is 30.8 Å². The molecule has 0 radical (unpaired) electrons. The van der Waals surface area contributed by atoms with Gasteiger partial charge in [0.15, 0.2) is 6.29 Å². The van der Waals surface area contributed by atoms with E-state index in [0.29, 0.717) is 19.8 Å². The minimum Gasteiger partial charge on any atom is -0.352 e. The zero-order valence-corrected chi connectivity index (χ0v) is 12.9. The van der Waals surface area contributed by atoms with Crippen LogP contribution in [0.3, 0.4) is 0 Å². The van der Waals surface area contributed by atoms with Crippen LogP contribution in [-0.4, -0.2) is 26.0 Å². The van der Waals surface area contributed by atoms with Gasteiger partial charge >= 0.3 is 0 Å². The number of rotatable bonds is 8. The molecule has 0 bridgehead atoms. The molecular weight excluding hydrogens is 294 g/mol. The van der Waals surface area contributed by atoms with Crippen molar-refractivity contribution in [3.63, 3.8) is 0 Å². The third-order valence-electron chi connectivity index (χ3n) is 2.58. The summed E-state index contributed by atoms with van der Waals surface area (Å²) in [4.78, 5) is 0. The van der Waals surface area contributed by atoms with Crippen molar-refractivity contribution in [2.24, 2.45) is 0 Å². The van der Waals surface area contributed by atoms with Crippen molar-refractivity contribution < 1.29 is 9.47 Å². The molecule has 0 saturated carbocycles. The van der Waals surface area contributed by atoms with Crippen LogP contribution in [0.15, 0.2) is 22.7 Å². The maximum Gasteiger partial charge on any atom is 0.169 e. The van der Waals surface area contributed by atoms with E-state index < -0.39 is 0 Å². The molecule has 0 fully saturated rings. The first-order chi connectivity index (χ1) is 8.67. The Kier molecular flexibility index (Phi) is 7.51. The van der Waals surface area contributed by atoms with Crippen LogP contribution in [-0.2, 0) is 16.0 Å². The van der Waals surface area contributed by atoms with Gasteiger partial charge in [0.25, 0.3) is 0 Å². The average molecular weight is 316 g/mol. The molecule has 0 saturated heterocycles. The maximum atomic E-state index is 5.47. The Morgan fingerprint density at radius 2 is 1.89 bits per heavy atom. The minimum absolute atomic E-state index is 0.158. The highest BCUT2D eigenvalue weighted by atomic mass is 79.9. The third-order valence-corrected chi connectivity index (χ3v) is 3.44. The van der Waals surface area contributed by atoms with E-state index in [9.17, 15) is 0 Å². The molecule has 0 aliphatic carbocycles. The molecule has 4 heteroatoms. The first-order valence-corrected chi connectivity index (χ1v) is 7.15. The number of aryl methyl sites for hydroxylation is 1. The number of hydrogen-bond donors (Lipinski definition) is 1. The topological polar surface area (TPSA) is 30.5 Å². The molecule has 1 N–H and O–H groups in total. The van der Waals surface area contributed by atoms with Crippen molar-refractivity contribution in [3.8, 4) is 0 Å². The second kappa shape index (κ2) is 8.64. The molecule has 3 nitrogen and oxygen atoms in total. The second-order valence-corrected chi connectivity index (χ2v) is 4.91. The molecule has 18 heavy (non-hydrogen) atoms. The Labute approximate surface area is 118 Å². The van der Waals surface area contributed by atoms with Crippen molar-refractivity contribution in [1.29, 1.82) is 0 Å². The molecule has 0 aromatic heterocycles. The fourth-order valence-corrected chi connectivity index (χ4v) is 2.04. The molecule has 0 aliphatic heterocycles. The van der Waals surface area contributed by atoms with Crippen LogP contribution in [0.5, 0.6) is 0 Å². The quantitative estimate of drug-likeness (QED) is 0.747. The molecule has 0 heterocycles. The third kappa shape index (κ3) is 5.48. The van der Waals surface area contributed by atoms with Gasteiger partial charge in [-0.1, -0.05) is 28.1 Å². The van der Waals surface area contributed by atoms with E-state index in [1.807, 2.05) is 13.8 Å². The molecule has 0 unspecified atom stereocenters. The van der Waals surface area contributed by atoms with E-state index in [2.05, 4.69) is 46.4 Å². The van der Waals surface area contributed by atoms with Gasteiger partial charge in [0.1, 0.15) is 0 Å². The first kappa shape index (κ1) is 15.6. The van der Waals surface area contributed by atoms with Crippen molar-refractivity contribution >= 4 is 15.9 Å². The predicted molar refractivity (Wildman–Crippen MR) is 77.6 cm³/mol. The largest absolute Gasteiger partial charge is 0.352 e. The van der Waals surface area contributed by atoms with Crippen LogP contribution < -0.4 is 5.32 Å². The Bertz CT molecular complexity index is 352. The summed E-state index contributed by atoms with van der Waals surface area (Å²) in [7, 11) is 0. The van der Waals surface area contributed by atoms with Crippen molar-refractivity contribution in [3.05, 3.63) is 33.8 Å². The van der Waals surface area contributed by atoms with Crippen LogP contribution in [0.4, 0.5) is 0 Å². The van der Waals surface area contributed by atoms with Gasteiger partial charge < -0.3 is 14.8 Å². The Morgan fingerprint density at radius 3 is 2.44 bits per heavy atom. The molecule has 0 atom stereocenters. The zero-order valence-electron chi connectivity index (χ0n) is 11.3. The Morgan fingerprint density at radius 1 is 1.22 bits per heavy atom. The Hall–Kier alpha value is -0.420. The molecular formula is C14H22BrNO2. The van der Waals surface area contributed by atoms with Gasteiger partial charge in [-0.2, -0.15) is 0 Å². The molecule has 0 aliphatic rings. The molecule has 1 aromatic carbocycles. The number of benzene rings is 1. The number of nitrogens with one attached hydrogen (secondary N) is 1. The summed E-state index contributed by atoms with van der Waals surface area (Å²) < 4.78 is 12.1. The normalized spacial score (nSPS) is 11.2. The van der Waals surface area contributed by atoms with Gasteiger partial charge in [-0.3, -0.25) is 0 Å². The van der Waals surface area contributed by atoms with Crippen LogP contribution in [0.25, 0.3) is 0 Å². The average Bonchev–Trinajstić information content (AvgIpc) is 2.34. The van der Waals surface area contributed by atoms with Crippen LogP contribution in [0, 0.1) is 6.92 Å². The molecule has 1 aromatic rings. The highest BCUT2D eigenvalue weighted by Crippen LogP contribution is 2.17. The van der Waals surface area contributed by atoms with Gasteiger partial charge in [0.2, 0.25) is 0 Å². The van der Waals surface area contributed by atoms with Crippen LogP contribution >= 0.6 is 15.9 Å². The first-order valence-electron chi connectivity index (χ1n) is 6.36. The number of hydrogen-bond acceptors (Lipinski definition) is 3. The minimum atomic E-state index is -0.158. The summed E-state index contributed by atoms with van der Waals surface area (Å²) in [5, 5.41) is 3.35. The van der Waals surface area contributed by atoms with Crippen LogP contribution in [0.1, 0.15) is 25.0 Å². The van der Waals surface area contributed by atoms with E-state index in [-0.39, 0.29) is 6.29 Å². The lowest BCUT2D eigenvalue weighted by atomic mass is 10.1. The van der Waals surface area contributed by atoms with Gasteiger partial charge in [-0.25, -0.2) is 0 Å². The zero-order chi connectivity index (χ0) is 13.4. The monoisotopic (exact) mass is 315 g/mol. The van der Waals surface area contributed by atoms with Gasteiger partial charge in [-0.15, -0.1) is 0 Å². The highest BCUT2D eigenvalue weighted by Gasteiger charge is 2.06. The number of ether oxygens (including phenoxy) is 2. The SMILES string of the molecule is CCOC(CNCc1ccc(C)c(Br)c1)OCC. The summed E-state index contributed by atoms with van der Waals surface area (Å²) >= 11 is 3.54. The number of halogens is 1. The summed E-state index contributed by atoms with van der Waals surface area (Å²) in [5.41, 5.74) is 2.50. The summed E-state index contributed by atoms with van der Waals surface area (Å²) in [6, 6.07) is 6.38. The summed E-state index contributed by atoms with van der Waals surface area (Å²) in [5.74, 6) is 0. The van der Waals surface area contributed by atoms with Gasteiger partial charge in [-0.05, 0) is 38.0 Å². The fraction of sp³-hybridized carbons (Fsp3) is 0.571. The predicted octanol–water partition coefficient (Wildman–Crippen LogP) is 3.25. The lowest BCUT2D eigenvalue weighted by molar-refractivity contribution is -0.133. The lowest BCUT2D eigenvalue weighted by Crippen LogP contribution is -2.31. The standard InChI is InChI=1S/C14H22BrNO2/c1-4-17-14(18-5-2)10-16-9-12-7-6-11(3)13(15)8-12/h6-8,14,16H,4-5,9-10H2,1-3H3. The smallest absolute Gasteiger partial charge is 0.169 e. The van der Waals surface area contributed by atoms with Crippen molar-refractivity contribution in [2.75, 3.05) is 19.8 Å². The Balaban J connectivity index is 2.37. The van der Waals surface area contributed by atoms with E-state index in [1.165, 1.54) is 11.1 Å². The van der Waals surface area contributed by atoms with E-state index in [0.717, 1.165) is 11.0 Å². The molecule has 1 rings (SSSR count). The van der Waals surface area contributed by atoms with Gasteiger partial charge in [0.05, 0.1) is 0 Å². The summed E-state index contributed by atoms with van der Waals surface area (Å²) in [6.45, 7) is 8.89. The second-order valence-electron chi connectivity index (χ2n) is 4.05. The maximum absolute atomic E-state index is 5.47. The molecule has 0 spiro atoms. The van der Waals surface area contributed by atoms with Crippen LogP contribution in [0.2, 0.25) is 0 Å². The highest BCUT2D eigenvalue weighted by molar-refractivity contribution is 9.10. The van der Waals surface area contributed by atoms with E-state index in [4.69, 9.17) is 9.47 Å².